The molecule has 23 heavy (non-hydrogen) atoms. The number of hydrogen-bond donors (Lipinski definition) is 1. The Hall–Kier alpha value is -2.10. The summed E-state index contributed by atoms with van der Waals surface area (Å²) < 4.78 is 5.30. The highest BCUT2D eigenvalue weighted by Gasteiger charge is 2.30. The fraction of sp³-hybridized carbons (Fsp3) is 0.474. The number of hydrogen-bond acceptors (Lipinski definition) is 3. The molecular formula is C19H24N2O2. The number of rotatable bonds is 3. The number of carbonyl (C=O) groups excluding carboxylic acids is 1. The summed E-state index contributed by atoms with van der Waals surface area (Å²) in [7, 11) is 0. The van der Waals surface area contributed by atoms with Gasteiger partial charge in [0.25, 0.3) is 5.91 Å². The zero-order valence-corrected chi connectivity index (χ0v) is 14.0. The largest absolute Gasteiger partial charge is 0.360 e. The quantitative estimate of drug-likeness (QED) is 0.924. The van der Waals surface area contributed by atoms with Crippen molar-refractivity contribution < 1.29 is 9.32 Å². The highest BCUT2D eigenvalue weighted by atomic mass is 16.5. The van der Waals surface area contributed by atoms with Gasteiger partial charge < -0.3 is 9.84 Å². The van der Waals surface area contributed by atoms with E-state index in [0.29, 0.717) is 28.9 Å². The first kappa shape index (κ1) is 15.8. The van der Waals surface area contributed by atoms with E-state index in [4.69, 9.17) is 4.52 Å². The van der Waals surface area contributed by atoms with Crippen molar-refractivity contribution >= 4 is 5.91 Å². The Balaban J connectivity index is 1.84. The Labute approximate surface area is 137 Å². The maximum Gasteiger partial charge on any atom is 0.257 e. The molecule has 4 heteroatoms. The molecule has 1 aliphatic carbocycles. The zero-order chi connectivity index (χ0) is 16.4. The number of nitrogens with one attached hydrogen (secondary N) is 1. The van der Waals surface area contributed by atoms with Crippen LogP contribution in [-0.2, 0) is 0 Å². The van der Waals surface area contributed by atoms with Crippen LogP contribution in [0.4, 0.5) is 0 Å². The van der Waals surface area contributed by atoms with Crippen molar-refractivity contribution in [2.75, 3.05) is 0 Å². The van der Waals surface area contributed by atoms with Gasteiger partial charge in [-0.25, -0.2) is 0 Å². The van der Waals surface area contributed by atoms with Crippen molar-refractivity contribution in [3.8, 4) is 11.3 Å². The van der Waals surface area contributed by atoms with Crippen molar-refractivity contribution in [3.05, 3.63) is 41.7 Å². The van der Waals surface area contributed by atoms with E-state index in [9.17, 15) is 4.79 Å². The summed E-state index contributed by atoms with van der Waals surface area (Å²) in [5.41, 5.74) is 2.08. The summed E-state index contributed by atoms with van der Waals surface area (Å²) in [6.07, 6.45) is 3.46. The lowest BCUT2D eigenvalue weighted by Gasteiger charge is -2.34. The molecule has 1 heterocycles. The number of benzene rings is 1. The minimum absolute atomic E-state index is 0.0754. The van der Waals surface area contributed by atoms with Crippen molar-refractivity contribution in [2.24, 2.45) is 11.8 Å². The maximum absolute atomic E-state index is 12.8. The third kappa shape index (κ3) is 3.16. The molecule has 0 spiro atoms. The third-order valence-electron chi connectivity index (χ3n) is 5.16. The molecule has 0 radical (unpaired) electrons. The molecular weight excluding hydrogens is 288 g/mol. The predicted octanol–water partition coefficient (Wildman–Crippen LogP) is 4.20. The van der Waals surface area contributed by atoms with Crippen LogP contribution < -0.4 is 5.32 Å². The molecule has 3 atom stereocenters. The minimum Gasteiger partial charge on any atom is -0.360 e. The second-order valence-corrected chi connectivity index (χ2v) is 6.68. The normalized spacial score (nSPS) is 24.4. The Morgan fingerprint density at radius 3 is 2.70 bits per heavy atom. The number of carbonyl (C=O) groups is 1. The zero-order valence-electron chi connectivity index (χ0n) is 14.0. The van der Waals surface area contributed by atoms with E-state index in [-0.39, 0.29) is 11.9 Å². The van der Waals surface area contributed by atoms with Gasteiger partial charge in [-0.15, -0.1) is 0 Å². The van der Waals surface area contributed by atoms with Crippen LogP contribution in [0.3, 0.4) is 0 Å². The van der Waals surface area contributed by atoms with Crippen molar-refractivity contribution in [1.82, 2.24) is 10.5 Å². The van der Waals surface area contributed by atoms with Gasteiger partial charge in [-0.05, 0) is 25.2 Å². The molecule has 0 bridgehead atoms. The summed E-state index contributed by atoms with van der Waals surface area (Å²) in [6, 6.07) is 9.93. The molecule has 0 saturated heterocycles. The highest BCUT2D eigenvalue weighted by molar-refractivity contribution is 6.00. The topological polar surface area (TPSA) is 55.1 Å². The summed E-state index contributed by atoms with van der Waals surface area (Å²) in [5, 5.41) is 7.31. The fourth-order valence-corrected chi connectivity index (χ4v) is 3.46. The van der Waals surface area contributed by atoms with Crippen LogP contribution in [0.25, 0.3) is 11.3 Å². The van der Waals surface area contributed by atoms with Gasteiger partial charge in [0.2, 0.25) is 0 Å². The standard InChI is InChI=1S/C19H24N2O2/c1-12-8-7-11-16(13(12)2)20-19(22)17-14(3)23-21-18(17)15-9-5-4-6-10-15/h4-6,9-10,12-13,16H,7-8,11H2,1-3H3,(H,20,22)/t12-,13+,16+/m0/s1. The van der Waals surface area contributed by atoms with Crippen LogP contribution in [0, 0.1) is 18.8 Å². The minimum atomic E-state index is -0.0754. The summed E-state index contributed by atoms with van der Waals surface area (Å²) in [5.74, 6) is 1.63. The van der Waals surface area contributed by atoms with E-state index in [1.807, 2.05) is 30.3 Å². The van der Waals surface area contributed by atoms with Gasteiger partial charge in [0.1, 0.15) is 17.0 Å². The monoisotopic (exact) mass is 312 g/mol. The van der Waals surface area contributed by atoms with Crippen LogP contribution in [0.2, 0.25) is 0 Å². The molecule has 1 aliphatic rings. The second-order valence-electron chi connectivity index (χ2n) is 6.68. The first-order valence-electron chi connectivity index (χ1n) is 8.40. The lowest BCUT2D eigenvalue weighted by molar-refractivity contribution is 0.0890. The van der Waals surface area contributed by atoms with Crippen LogP contribution in [-0.4, -0.2) is 17.1 Å². The highest BCUT2D eigenvalue weighted by Crippen LogP contribution is 2.31. The number of aromatic nitrogens is 1. The van der Waals surface area contributed by atoms with Gasteiger partial charge in [-0.3, -0.25) is 4.79 Å². The number of amides is 1. The second kappa shape index (κ2) is 6.57. The Bertz CT molecular complexity index is 678. The molecule has 1 fully saturated rings. The Kier molecular flexibility index (Phi) is 4.51. The predicted molar refractivity (Wildman–Crippen MR) is 90.1 cm³/mol. The molecule has 1 amide bonds. The maximum atomic E-state index is 12.8. The van der Waals surface area contributed by atoms with Gasteiger partial charge in [-0.2, -0.15) is 0 Å². The molecule has 1 saturated carbocycles. The molecule has 0 unspecified atom stereocenters. The lowest BCUT2D eigenvalue weighted by atomic mass is 9.78. The smallest absolute Gasteiger partial charge is 0.257 e. The van der Waals surface area contributed by atoms with Crippen LogP contribution in [0.1, 0.15) is 49.2 Å². The van der Waals surface area contributed by atoms with Crippen molar-refractivity contribution in [2.45, 2.75) is 46.1 Å². The van der Waals surface area contributed by atoms with E-state index in [0.717, 1.165) is 12.0 Å². The number of nitrogens with zero attached hydrogens (tertiary/aromatic N) is 1. The van der Waals surface area contributed by atoms with Gasteiger partial charge in [0, 0.05) is 11.6 Å². The molecule has 2 aromatic rings. The Morgan fingerprint density at radius 1 is 1.22 bits per heavy atom. The SMILES string of the molecule is Cc1onc(-c2ccccc2)c1C(=O)N[C@@H]1CCC[C@H](C)[C@H]1C. The van der Waals surface area contributed by atoms with Gasteiger partial charge >= 0.3 is 0 Å². The molecule has 1 N–H and O–H groups in total. The van der Waals surface area contributed by atoms with E-state index in [2.05, 4.69) is 24.3 Å². The first-order valence-corrected chi connectivity index (χ1v) is 8.40. The van der Waals surface area contributed by atoms with Crippen LogP contribution in [0.5, 0.6) is 0 Å². The van der Waals surface area contributed by atoms with Gasteiger partial charge in [0.15, 0.2) is 0 Å². The van der Waals surface area contributed by atoms with Gasteiger partial charge in [-0.1, -0.05) is 62.2 Å². The first-order chi connectivity index (χ1) is 11.1. The molecule has 1 aromatic heterocycles. The molecule has 1 aromatic carbocycles. The van der Waals surface area contributed by atoms with Gasteiger partial charge in [0.05, 0.1) is 0 Å². The number of aryl methyl sites for hydroxylation is 1. The summed E-state index contributed by atoms with van der Waals surface area (Å²) in [4.78, 5) is 12.8. The molecule has 3 rings (SSSR count). The molecule has 4 nitrogen and oxygen atoms in total. The van der Waals surface area contributed by atoms with E-state index in [1.165, 1.54) is 12.8 Å². The van der Waals surface area contributed by atoms with Crippen LogP contribution in [0.15, 0.2) is 34.9 Å². The lowest BCUT2D eigenvalue weighted by Crippen LogP contribution is -2.43. The average Bonchev–Trinajstić information content (AvgIpc) is 2.94. The van der Waals surface area contributed by atoms with E-state index < -0.39 is 0 Å². The Morgan fingerprint density at radius 2 is 1.96 bits per heavy atom. The third-order valence-corrected chi connectivity index (χ3v) is 5.16. The molecule has 122 valence electrons. The van der Waals surface area contributed by atoms with Crippen molar-refractivity contribution in [1.29, 1.82) is 0 Å². The van der Waals surface area contributed by atoms with Crippen LogP contribution >= 0.6 is 0 Å². The molecule has 0 aliphatic heterocycles. The van der Waals surface area contributed by atoms with Crippen molar-refractivity contribution in [3.63, 3.8) is 0 Å². The van der Waals surface area contributed by atoms with E-state index in [1.54, 1.807) is 6.92 Å². The summed E-state index contributed by atoms with van der Waals surface area (Å²) in [6.45, 7) is 6.29. The fourth-order valence-electron chi connectivity index (χ4n) is 3.46. The average molecular weight is 312 g/mol. The van der Waals surface area contributed by atoms with E-state index >= 15 is 0 Å². The summed E-state index contributed by atoms with van der Waals surface area (Å²) >= 11 is 0.